The maximum atomic E-state index is 12.6. The topological polar surface area (TPSA) is 29.1 Å². The van der Waals surface area contributed by atoms with E-state index in [1.807, 2.05) is 18.2 Å². The summed E-state index contributed by atoms with van der Waals surface area (Å²) in [6.45, 7) is 7.44. The zero-order valence-corrected chi connectivity index (χ0v) is 14.7. The number of hydrogen-bond acceptors (Lipinski definition) is 1. The molecule has 122 valence electrons. The molecule has 3 atom stereocenters. The fourth-order valence-corrected chi connectivity index (χ4v) is 3.87. The quantitative estimate of drug-likeness (QED) is 0.836. The highest BCUT2D eigenvalue weighted by molar-refractivity contribution is 6.30. The highest BCUT2D eigenvalue weighted by Gasteiger charge is 2.35. The molecule has 1 aromatic rings. The molecule has 1 saturated carbocycles. The largest absolute Gasteiger partial charge is 0.356 e. The van der Waals surface area contributed by atoms with Gasteiger partial charge in [-0.3, -0.25) is 4.79 Å². The van der Waals surface area contributed by atoms with Crippen molar-refractivity contribution in [2.75, 3.05) is 6.54 Å². The molecule has 2 rings (SSSR count). The van der Waals surface area contributed by atoms with Crippen molar-refractivity contribution in [1.82, 2.24) is 5.32 Å². The van der Waals surface area contributed by atoms with Crippen molar-refractivity contribution in [1.29, 1.82) is 0 Å². The van der Waals surface area contributed by atoms with E-state index < -0.39 is 0 Å². The third kappa shape index (κ3) is 4.74. The van der Waals surface area contributed by atoms with Crippen LogP contribution >= 0.6 is 11.6 Å². The van der Waals surface area contributed by atoms with Crippen molar-refractivity contribution in [2.45, 2.75) is 46.5 Å². The average Bonchev–Trinajstić information content (AvgIpc) is 2.46. The maximum Gasteiger partial charge on any atom is 0.223 e. The van der Waals surface area contributed by atoms with Crippen LogP contribution in [0.1, 0.15) is 45.6 Å². The van der Waals surface area contributed by atoms with E-state index >= 15 is 0 Å². The van der Waals surface area contributed by atoms with Gasteiger partial charge in [-0.25, -0.2) is 0 Å². The number of rotatable bonds is 5. The Morgan fingerprint density at radius 1 is 1.36 bits per heavy atom. The van der Waals surface area contributed by atoms with Crippen LogP contribution in [0.5, 0.6) is 0 Å². The summed E-state index contributed by atoms with van der Waals surface area (Å²) in [5.41, 5.74) is 1.17. The van der Waals surface area contributed by atoms with Crippen LogP contribution in [0.4, 0.5) is 0 Å². The highest BCUT2D eigenvalue weighted by atomic mass is 35.5. The third-order valence-corrected chi connectivity index (χ3v) is 5.20. The minimum absolute atomic E-state index is 0.183. The minimum Gasteiger partial charge on any atom is -0.356 e. The van der Waals surface area contributed by atoms with E-state index in [0.29, 0.717) is 24.3 Å². The van der Waals surface area contributed by atoms with E-state index in [4.69, 9.17) is 11.6 Å². The number of nitrogens with one attached hydrogen (secondary N) is 1. The van der Waals surface area contributed by atoms with Crippen molar-refractivity contribution in [3.63, 3.8) is 0 Å². The van der Waals surface area contributed by atoms with E-state index in [9.17, 15) is 4.79 Å². The lowest BCUT2D eigenvalue weighted by atomic mass is 9.70. The summed E-state index contributed by atoms with van der Waals surface area (Å²) in [5.74, 6) is 2.20. The molecule has 1 aromatic carbocycles. The number of amides is 1. The molecule has 2 nitrogen and oxygen atoms in total. The second-order valence-electron chi connectivity index (χ2n) is 7.10. The van der Waals surface area contributed by atoms with Crippen molar-refractivity contribution in [3.05, 3.63) is 34.9 Å². The van der Waals surface area contributed by atoms with Crippen LogP contribution < -0.4 is 5.32 Å². The molecule has 0 heterocycles. The minimum atomic E-state index is 0.183. The first-order valence-electron chi connectivity index (χ1n) is 8.49. The van der Waals surface area contributed by atoms with Gasteiger partial charge in [-0.05, 0) is 54.7 Å². The van der Waals surface area contributed by atoms with Gasteiger partial charge in [0.05, 0.1) is 0 Å². The predicted molar refractivity (Wildman–Crippen MR) is 93.0 cm³/mol. The van der Waals surface area contributed by atoms with Gasteiger partial charge >= 0.3 is 0 Å². The normalized spacial score (nSPS) is 25.2. The molecule has 1 aliphatic rings. The first-order valence-corrected chi connectivity index (χ1v) is 8.87. The molecule has 1 amide bonds. The summed E-state index contributed by atoms with van der Waals surface area (Å²) in [6.07, 6.45) is 4.31. The molecule has 0 spiro atoms. The number of hydrogen-bond donors (Lipinski definition) is 1. The lowest BCUT2D eigenvalue weighted by Gasteiger charge is -2.36. The van der Waals surface area contributed by atoms with Gasteiger partial charge in [0.25, 0.3) is 0 Å². The molecule has 0 bridgehead atoms. The van der Waals surface area contributed by atoms with Crippen LogP contribution in [0, 0.1) is 23.7 Å². The van der Waals surface area contributed by atoms with Crippen LogP contribution in [0.15, 0.2) is 24.3 Å². The number of carbonyl (C=O) groups excluding carboxylic acids is 1. The van der Waals surface area contributed by atoms with Gasteiger partial charge in [-0.15, -0.1) is 0 Å². The standard InChI is InChI=1S/C19H28ClNO/c1-13(2)17-8-7-14(3)11-18(17)19(22)21-10-9-15-5-4-6-16(20)12-15/h4-6,12-14,17-18H,7-11H2,1-3H3,(H,21,22). The van der Waals surface area contributed by atoms with Gasteiger partial charge in [0, 0.05) is 17.5 Å². The van der Waals surface area contributed by atoms with Crippen molar-refractivity contribution in [2.24, 2.45) is 23.7 Å². The second kappa shape index (κ2) is 8.01. The van der Waals surface area contributed by atoms with Crippen LogP contribution in [-0.4, -0.2) is 12.5 Å². The lowest BCUT2D eigenvalue weighted by Crippen LogP contribution is -2.40. The molecule has 3 heteroatoms. The van der Waals surface area contributed by atoms with Crippen LogP contribution in [0.3, 0.4) is 0 Å². The summed E-state index contributed by atoms with van der Waals surface area (Å²) in [4.78, 5) is 12.6. The summed E-state index contributed by atoms with van der Waals surface area (Å²) in [7, 11) is 0. The van der Waals surface area contributed by atoms with E-state index in [1.54, 1.807) is 0 Å². The molecular formula is C19H28ClNO. The van der Waals surface area contributed by atoms with Crippen LogP contribution in [0.2, 0.25) is 5.02 Å². The molecule has 0 aromatic heterocycles. The first-order chi connectivity index (χ1) is 10.5. The van der Waals surface area contributed by atoms with Gasteiger partial charge in [-0.2, -0.15) is 0 Å². The smallest absolute Gasteiger partial charge is 0.223 e. The Hall–Kier alpha value is -1.02. The second-order valence-corrected chi connectivity index (χ2v) is 7.54. The van der Waals surface area contributed by atoms with Gasteiger partial charge in [-0.1, -0.05) is 50.9 Å². The Kier molecular flexibility index (Phi) is 6.31. The molecule has 0 saturated heterocycles. The Balaban J connectivity index is 1.87. The monoisotopic (exact) mass is 321 g/mol. The van der Waals surface area contributed by atoms with Crippen molar-refractivity contribution >= 4 is 17.5 Å². The molecule has 0 aliphatic heterocycles. The Morgan fingerprint density at radius 2 is 2.14 bits per heavy atom. The van der Waals surface area contributed by atoms with E-state index in [1.165, 1.54) is 18.4 Å². The Bertz CT molecular complexity index is 500. The molecule has 3 unspecified atom stereocenters. The summed E-state index contributed by atoms with van der Waals surface area (Å²) in [5, 5.41) is 3.90. The van der Waals surface area contributed by atoms with E-state index in [2.05, 4.69) is 32.2 Å². The molecule has 1 N–H and O–H groups in total. The SMILES string of the molecule is CC1CCC(C(C)C)C(C(=O)NCCc2cccc(Cl)c2)C1. The van der Waals surface area contributed by atoms with Gasteiger partial charge in [0.1, 0.15) is 0 Å². The average molecular weight is 322 g/mol. The molecule has 22 heavy (non-hydrogen) atoms. The fraction of sp³-hybridized carbons (Fsp3) is 0.632. The maximum absolute atomic E-state index is 12.6. The van der Waals surface area contributed by atoms with E-state index in [-0.39, 0.29) is 11.8 Å². The Labute approximate surface area is 139 Å². The van der Waals surface area contributed by atoms with Crippen LogP contribution in [0.25, 0.3) is 0 Å². The molecule has 1 fully saturated rings. The summed E-state index contributed by atoms with van der Waals surface area (Å²) >= 11 is 5.99. The zero-order valence-electron chi connectivity index (χ0n) is 13.9. The fourth-order valence-electron chi connectivity index (χ4n) is 3.66. The third-order valence-electron chi connectivity index (χ3n) is 4.96. The van der Waals surface area contributed by atoms with Crippen molar-refractivity contribution < 1.29 is 4.79 Å². The highest BCUT2D eigenvalue weighted by Crippen LogP contribution is 2.38. The number of benzene rings is 1. The Morgan fingerprint density at radius 3 is 2.82 bits per heavy atom. The number of carbonyl (C=O) groups is 1. The van der Waals surface area contributed by atoms with Crippen molar-refractivity contribution in [3.8, 4) is 0 Å². The van der Waals surface area contributed by atoms with Gasteiger partial charge in [0.15, 0.2) is 0 Å². The summed E-state index contributed by atoms with van der Waals surface area (Å²) in [6, 6.07) is 7.85. The van der Waals surface area contributed by atoms with E-state index in [0.717, 1.165) is 17.9 Å². The van der Waals surface area contributed by atoms with Gasteiger partial charge in [0.2, 0.25) is 5.91 Å². The molecule has 0 radical (unpaired) electrons. The molecular weight excluding hydrogens is 294 g/mol. The lowest BCUT2D eigenvalue weighted by molar-refractivity contribution is -0.129. The molecule has 1 aliphatic carbocycles. The zero-order chi connectivity index (χ0) is 16.1. The number of halogens is 1. The van der Waals surface area contributed by atoms with Crippen LogP contribution in [-0.2, 0) is 11.2 Å². The predicted octanol–water partition coefficient (Wildman–Crippen LogP) is 4.71. The first kappa shape index (κ1) is 17.3. The summed E-state index contributed by atoms with van der Waals surface area (Å²) < 4.78 is 0. The van der Waals surface area contributed by atoms with Gasteiger partial charge < -0.3 is 5.32 Å².